The Morgan fingerprint density at radius 3 is 2.16 bits per heavy atom. The van der Waals surface area contributed by atoms with Crippen LogP contribution in [0.4, 0.5) is 0 Å². The summed E-state index contributed by atoms with van der Waals surface area (Å²) in [6.45, 7) is 8.72. The van der Waals surface area contributed by atoms with Crippen molar-refractivity contribution in [3.8, 4) is 0 Å². The monoisotopic (exact) mass is 264 g/mol. The zero-order chi connectivity index (χ0) is 14.7. The lowest BCUT2D eigenvalue weighted by Crippen LogP contribution is -2.40. The first-order valence-corrected chi connectivity index (χ1v) is 6.49. The van der Waals surface area contributed by atoms with Gasteiger partial charge in [-0.15, -0.1) is 0 Å². The fraction of sp³-hybridized carbons (Fsp3) is 0.533. The molecule has 0 heterocycles. The van der Waals surface area contributed by atoms with E-state index >= 15 is 0 Å². The van der Waals surface area contributed by atoms with Crippen molar-refractivity contribution >= 4 is 5.91 Å². The number of aryl methyl sites for hydroxylation is 2. The van der Waals surface area contributed by atoms with Gasteiger partial charge in [0.15, 0.2) is 0 Å². The summed E-state index contributed by atoms with van der Waals surface area (Å²) < 4.78 is 0. The number of aliphatic hydroxyl groups excluding tert-OH is 1. The molecule has 0 aliphatic carbocycles. The molecule has 1 rings (SSSR count). The first-order chi connectivity index (χ1) is 8.79. The fourth-order valence-corrected chi connectivity index (χ4v) is 2.21. The Labute approximate surface area is 115 Å². The average molecular weight is 264 g/mol. The number of nitrogens with two attached hydrogens (primary N) is 1. The van der Waals surface area contributed by atoms with Gasteiger partial charge >= 0.3 is 0 Å². The van der Waals surface area contributed by atoms with E-state index in [0.29, 0.717) is 6.54 Å². The number of aliphatic hydroxyl groups is 1. The summed E-state index contributed by atoms with van der Waals surface area (Å²) in [5, 5.41) is 9.51. The minimum absolute atomic E-state index is 0.0476. The molecule has 4 heteroatoms. The molecule has 0 fully saturated rings. The summed E-state index contributed by atoms with van der Waals surface area (Å²) in [6.07, 6.45) is -1.11. The number of likely N-dealkylation sites (N-methyl/N-ethyl adjacent to an activating group) is 1. The third kappa shape index (κ3) is 3.33. The van der Waals surface area contributed by atoms with Crippen LogP contribution in [0, 0.1) is 27.7 Å². The summed E-state index contributed by atoms with van der Waals surface area (Å²) in [4.78, 5) is 13.4. The van der Waals surface area contributed by atoms with Crippen molar-refractivity contribution in [1.29, 1.82) is 0 Å². The molecule has 0 saturated carbocycles. The van der Waals surface area contributed by atoms with E-state index in [0.717, 1.165) is 5.56 Å². The van der Waals surface area contributed by atoms with E-state index in [2.05, 4.69) is 33.8 Å². The number of carbonyl (C=O) groups is 1. The summed E-state index contributed by atoms with van der Waals surface area (Å²) >= 11 is 0. The second-order valence-electron chi connectivity index (χ2n) is 5.18. The smallest absolute Gasteiger partial charge is 0.252 e. The van der Waals surface area contributed by atoms with E-state index in [9.17, 15) is 9.90 Å². The van der Waals surface area contributed by atoms with E-state index in [1.54, 1.807) is 7.05 Å². The SMILES string of the molecule is Cc1cc(C)c(C)c(CN(C)C(=O)C(O)CN)c1C. The molecule has 0 spiro atoms. The first-order valence-electron chi connectivity index (χ1n) is 6.49. The lowest BCUT2D eigenvalue weighted by atomic mass is 9.94. The summed E-state index contributed by atoms with van der Waals surface area (Å²) in [5.41, 5.74) is 11.3. The van der Waals surface area contributed by atoms with Crippen LogP contribution in [0.25, 0.3) is 0 Å². The molecule has 106 valence electrons. The van der Waals surface area contributed by atoms with E-state index in [1.165, 1.54) is 27.2 Å². The van der Waals surface area contributed by atoms with Crippen LogP contribution in [0.3, 0.4) is 0 Å². The van der Waals surface area contributed by atoms with Gasteiger partial charge in [0.05, 0.1) is 0 Å². The van der Waals surface area contributed by atoms with Gasteiger partial charge in [-0.05, 0) is 55.5 Å². The number of hydrogen-bond acceptors (Lipinski definition) is 3. The molecule has 0 aromatic heterocycles. The third-order valence-corrected chi connectivity index (χ3v) is 3.80. The van der Waals surface area contributed by atoms with Crippen molar-refractivity contribution in [3.63, 3.8) is 0 Å². The molecule has 0 aliphatic rings. The van der Waals surface area contributed by atoms with Crippen molar-refractivity contribution in [1.82, 2.24) is 4.90 Å². The number of nitrogens with zero attached hydrogens (tertiary/aromatic N) is 1. The molecular formula is C15H24N2O2. The van der Waals surface area contributed by atoms with E-state index < -0.39 is 6.10 Å². The lowest BCUT2D eigenvalue weighted by Gasteiger charge is -2.23. The Bertz CT molecular complexity index is 457. The van der Waals surface area contributed by atoms with Gasteiger partial charge in [0, 0.05) is 20.1 Å². The molecule has 4 nitrogen and oxygen atoms in total. The number of benzene rings is 1. The Hall–Kier alpha value is -1.39. The van der Waals surface area contributed by atoms with Crippen LogP contribution in [0.1, 0.15) is 27.8 Å². The van der Waals surface area contributed by atoms with Crippen molar-refractivity contribution in [2.75, 3.05) is 13.6 Å². The van der Waals surface area contributed by atoms with E-state index in [4.69, 9.17) is 5.73 Å². The predicted molar refractivity (Wildman–Crippen MR) is 76.9 cm³/mol. The standard InChI is InChI=1S/C15H24N2O2/c1-9-6-10(2)12(4)13(11(9)3)8-17(5)15(19)14(18)7-16/h6,14,18H,7-8,16H2,1-5H3. The molecule has 1 atom stereocenters. The van der Waals surface area contributed by atoms with Gasteiger partial charge in [-0.1, -0.05) is 6.07 Å². The van der Waals surface area contributed by atoms with Gasteiger partial charge in [-0.25, -0.2) is 0 Å². The molecular weight excluding hydrogens is 240 g/mol. The van der Waals surface area contributed by atoms with Gasteiger partial charge < -0.3 is 15.7 Å². The van der Waals surface area contributed by atoms with Crippen LogP contribution >= 0.6 is 0 Å². The van der Waals surface area contributed by atoms with Gasteiger partial charge in [0.2, 0.25) is 0 Å². The van der Waals surface area contributed by atoms with Gasteiger partial charge in [-0.3, -0.25) is 4.79 Å². The van der Waals surface area contributed by atoms with Gasteiger partial charge in [-0.2, -0.15) is 0 Å². The molecule has 19 heavy (non-hydrogen) atoms. The van der Waals surface area contributed by atoms with Crippen LogP contribution < -0.4 is 5.73 Å². The third-order valence-electron chi connectivity index (χ3n) is 3.80. The largest absolute Gasteiger partial charge is 0.382 e. The second-order valence-corrected chi connectivity index (χ2v) is 5.18. The van der Waals surface area contributed by atoms with Crippen LogP contribution in [-0.4, -0.2) is 35.6 Å². The van der Waals surface area contributed by atoms with Gasteiger partial charge in [0.25, 0.3) is 5.91 Å². The predicted octanol–water partition coefficient (Wildman–Crippen LogP) is 1.20. The Balaban J connectivity index is 3.03. The average Bonchev–Trinajstić information content (AvgIpc) is 2.39. The van der Waals surface area contributed by atoms with E-state index in [1.807, 2.05) is 0 Å². The minimum Gasteiger partial charge on any atom is -0.382 e. The highest BCUT2D eigenvalue weighted by atomic mass is 16.3. The van der Waals surface area contributed by atoms with Crippen LogP contribution in [0.15, 0.2) is 6.07 Å². The first kappa shape index (κ1) is 15.7. The number of hydrogen-bond donors (Lipinski definition) is 2. The molecule has 1 aromatic carbocycles. The van der Waals surface area contributed by atoms with Gasteiger partial charge in [0.1, 0.15) is 6.10 Å². The van der Waals surface area contributed by atoms with Crippen molar-refractivity contribution in [3.05, 3.63) is 33.9 Å². The van der Waals surface area contributed by atoms with Crippen molar-refractivity contribution in [2.45, 2.75) is 40.3 Å². The summed E-state index contributed by atoms with van der Waals surface area (Å²) in [7, 11) is 1.69. The second kappa shape index (κ2) is 6.17. The highest BCUT2D eigenvalue weighted by Crippen LogP contribution is 2.22. The highest BCUT2D eigenvalue weighted by molar-refractivity contribution is 5.80. The molecule has 1 aromatic rings. The molecule has 1 amide bonds. The zero-order valence-electron chi connectivity index (χ0n) is 12.4. The lowest BCUT2D eigenvalue weighted by molar-refractivity contribution is -0.138. The molecule has 1 unspecified atom stereocenters. The van der Waals surface area contributed by atoms with Crippen LogP contribution in [0.5, 0.6) is 0 Å². The maximum absolute atomic E-state index is 11.9. The number of rotatable bonds is 4. The quantitative estimate of drug-likeness (QED) is 0.858. The zero-order valence-corrected chi connectivity index (χ0v) is 12.4. The summed E-state index contributed by atoms with van der Waals surface area (Å²) in [5.74, 6) is -0.333. The molecule has 0 aliphatic heterocycles. The number of carbonyl (C=O) groups excluding carboxylic acids is 1. The Kier molecular flexibility index (Phi) is 5.09. The topological polar surface area (TPSA) is 66.6 Å². The Morgan fingerprint density at radius 2 is 1.74 bits per heavy atom. The molecule has 0 bridgehead atoms. The van der Waals surface area contributed by atoms with Crippen molar-refractivity contribution in [2.24, 2.45) is 5.73 Å². The van der Waals surface area contributed by atoms with Crippen LogP contribution in [0.2, 0.25) is 0 Å². The highest BCUT2D eigenvalue weighted by Gasteiger charge is 2.19. The van der Waals surface area contributed by atoms with Crippen LogP contribution in [-0.2, 0) is 11.3 Å². The fourth-order valence-electron chi connectivity index (χ4n) is 2.21. The molecule has 0 saturated heterocycles. The maximum Gasteiger partial charge on any atom is 0.252 e. The minimum atomic E-state index is -1.11. The normalized spacial score (nSPS) is 12.4. The molecule has 0 radical (unpaired) electrons. The Morgan fingerprint density at radius 1 is 1.26 bits per heavy atom. The molecule has 3 N–H and O–H groups in total. The summed E-state index contributed by atoms with van der Waals surface area (Å²) in [6, 6.07) is 2.16. The van der Waals surface area contributed by atoms with E-state index in [-0.39, 0.29) is 12.5 Å². The maximum atomic E-state index is 11.9. The number of amides is 1. The van der Waals surface area contributed by atoms with Crippen molar-refractivity contribution < 1.29 is 9.90 Å².